The Morgan fingerprint density at radius 2 is 1.77 bits per heavy atom. The van der Waals surface area contributed by atoms with Crippen LogP contribution in [0, 0.1) is 17.0 Å². The van der Waals surface area contributed by atoms with E-state index in [1.165, 1.54) is 24.3 Å². The molecule has 0 saturated carbocycles. The number of ether oxygens (including phenoxy) is 1. The normalized spacial score (nSPS) is 10.0. The van der Waals surface area contributed by atoms with E-state index >= 15 is 0 Å². The fourth-order valence-electron chi connectivity index (χ4n) is 1.63. The monoisotopic (exact) mass is 302 g/mol. The highest BCUT2D eigenvalue weighted by Crippen LogP contribution is 2.17. The van der Waals surface area contributed by atoms with Crippen LogP contribution >= 0.6 is 0 Å². The number of aryl methyl sites for hydroxylation is 1. The van der Waals surface area contributed by atoms with Gasteiger partial charge in [-0.15, -0.1) is 0 Å². The Morgan fingerprint density at radius 1 is 1.14 bits per heavy atom. The Bertz CT molecular complexity index is 653. The van der Waals surface area contributed by atoms with Crippen molar-refractivity contribution in [2.45, 2.75) is 13.5 Å². The van der Waals surface area contributed by atoms with Gasteiger partial charge in [-0.05, 0) is 24.6 Å². The van der Waals surface area contributed by atoms with Crippen LogP contribution in [0.3, 0.4) is 0 Å². The van der Waals surface area contributed by atoms with Crippen molar-refractivity contribution in [2.75, 3.05) is 0 Å². The van der Waals surface area contributed by atoms with E-state index in [1.54, 1.807) is 0 Å². The number of carbonyl (C=O) groups is 1. The molecule has 1 N–H and O–H groups in total. The summed E-state index contributed by atoms with van der Waals surface area (Å²) in [5, 5.41) is 10.5. The minimum absolute atomic E-state index is 0.0802. The van der Waals surface area contributed by atoms with Crippen LogP contribution in [-0.2, 0) is 11.4 Å². The molecule has 0 atom stereocenters. The smallest absolute Gasteiger partial charge is 0.409 e. The summed E-state index contributed by atoms with van der Waals surface area (Å²) in [7, 11) is 0. The van der Waals surface area contributed by atoms with Crippen molar-refractivity contribution >= 4 is 11.8 Å². The minimum Gasteiger partial charge on any atom is -0.409 e. The summed E-state index contributed by atoms with van der Waals surface area (Å²) in [5.41, 5.74) is 4.09. The molecule has 7 nitrogen and oxygen atoms in total. The third kappa shape index (κ3) is 4.57. The van der Waals surface area contributed by atoms with Crippen molar-refractivity contribution < 1.29 is 19.3 Å². The Balaban J connectivity index is 1.77. The molecule has 2 rings (SSSR count). The zero-order valence-corrected chi connectivity index (χ0v) is 11.8. The van der Waals surface area contributed by atoms with E-state index in [2.05, 4.69) is 5.48 Å². The average Bonchev–Trinajstić information content (AvgIpc) is 2.50. The lowest BCUT2D eigenvalue weighted by Crippen LogP contribution is -2.26. The molecule has 0 radical (unpaired) electrons. The number of nitro groups is 1. The molecule has 2 aromatic carbocycles. The minimum atomic E-state index is -0.805. The highest BCUT2D eigenvalue weighted by Gasteiger charge is 2.08. The van der Waals surface area contributed by atoms with Gasteiger partial charge >= 0.3 is 6.09 Å². The molecule has 0 saturated heterocycles. The second-order valence-electron chi connectivity index (χ2n) is 4.52. The van der Waals surface area contributed by atoms with Gasteiger partial charge in [0.2, 0.25) is 0 Å². The number of non-ortho nitro benzene ring substituents is 1. The van der Waals surface area contributed by atoms with Gasteiger partial charge in [0.15, 0.2) is 0 Å². The highest BCUT2D eigenvalue weighted by molar-refractivity contribution is 5.69. The van der Waals surface area contributed by atoms with Crippen molar-refractivity contribution in [3.05, 3.63) is 69.8 Å². The van der Waals surface area contributed by atoms with E-state index in [9.17, 15) is 14.9 Å². The lowest BCUT2D eigenvalue weighted by Gasteiger charge is -2.07. The number of amides is 1. The van der Waals surface area contributed by atoms with Gasteiger partial charge in [-0.1, -0.05) is 29.8 Å². The zero-order chi connectivity index (χ0) is 15.9. The van der Waals surface area contributed by atoms with E-state index in [0.29, 0.717) is 0 Å². The molecular weight excluding hydrogens is 288 g/mol. The predicted molar refractivity (Wildman–Crippen MR) is 78.2 cm³/mol. The summed E-state index contributed by atoms with van der Waals surface area (Å²) in [6, 6.07) is 12.8. The van der Waals surface area contributed by atoms with Gasteiger partial charge in [0.05, 0.1) is 11.5 Å². The molecule has 114 valence electrons. The van der Waals surface area contributed by atoms with E-state index in [4.69, 9.17) is 9.57 Å². The molecular formula is C15H14N2O5. The lowest BCUT2D eigenvalue weighted by molar-refractivity contribution is -0.384. The SMILES string of the molecule is Cc1ccc(CONC(=O)Oc2ccc([N+](=O)[O-])cc2)cc1. The van der Waals surface area contributed by atoms with Crippen molar-refractivity contribution in [3.8, 4) is 5.75 Å². The molecule has 0 unspecified atom stereocenters. The zero-order valence-electron chi connectivity index (χ0n) is 11.8. The molecule has 0 spiro atoms. The molecule has 1 amide bonds. The number of rotatable bonds is 5. The number of hydrogen-bond acceptors (Lipinski definition) is 5. The van der Waals surface area contributed by atoms with E-state index in [0.717, 1.165) is 11.1 Å². The molecule has 0 fully saturated rings. The third-order valence-electron chi connectivity index (χ3n) is 2.77. The topological polar surface area (TPSA) is 90.7 Å². The van der Waals surface area contributed by atoms with E-state index < -0.39 is 11.0 Å². The third-order valence-corrected chi connectivity index (χ3v) is 2.77. The highest BCUT2D eigenvalue weighted by atomic mass is 16.7. The average molecular weight is 302 g/mol. The van der Waals surface area contributed by atoms with Gasteiger partial charge in [0, 0.05) is 12.1 Å². The lowest BCUT2D eigenvalue weighted by atomic mass is 10.2. The summed E-state index contributed by atoms with van der Waals surface area (Å²) in [6.07, 6.45) is -0.805. The maximum absolute atomic E-state index is 11.5. The van der Waals surface area contributed by atoms with Crippen molar-refractivity contribution in [3.63, 3.8) is 0 Å². The molecule has 0 heterocycles. The number of benzene rings is 2. The Morgan fingerprint density at radius 3 is 2.36 bits per heavy atom. The second-order valence-corrected chi connectivity index (χ2v) is 4.52. The van der Waals surface area contributed by atoms with Gasteiger partial charge < -0.3 is 4.74 Å². The Kier molecular flexibility index (Phi) is 5.05. The van der Waals surface area contributed by atoms with Gasteiger partial charge in [-0.3, -0.25) is 15.0 Å². The summed E-state index contributed by atoms with van der Waals surface area (Å²) < 4.78 is 4.91. The van der Waals surface area contributed by atoms with E-state index in [1.807, 2.05) is 31.2 Å². The first-order valence-electron chi connectivity index (χ1n) is 6.44. The number of nitrogens with zero attached hydrogens (tertiary/aromatic N) is 1. The first kappa shape index (κ1) is 15.5. The number of hydrogen-bond donors (Lipinski definition) is 1. The van der Waals surface area contributed by atoms with Crippen molar-refractivity contribution in [1.29, 1.82) is 0 Å². The summed E-state index contributed by atoms with van der Waals surface area (Å²) in [5.74, 6) is 0.182. The Hall–Kier alpha value is -2.93. The number of hydroxylamine groups is 1. The van der Waals surface area contributed by atoms with Gasteiger partial charge in [-0.25, -0.2) is 4.79 Å². The van der Waals surface area contributed by atoms with Crippen molar-refractivity contribution in [2.24, 2.45) is 0 Å². The molecule has 0 bridgehead atoms. The molecule has 0 aliphatic rings. The summed E-state index contributed by atoms with van der Waals surface area (Å²) >= 11 is 0. The van der Waals surface area contributed by atoms with Crippen LogP contribution in [0.25, 0.3) is 0 Å². The quantitative estimate of drug-likeness (QED) is 0.677. The number of nitro benzene ring substituents is 1. The Labute approximate surface area is 126 Å². The standard InChI is InChI=1S/C15H14N2O5/c1-11-2-4-12(5-3-11)10-21-16-15(18)22-14-8-6-13(7-9-14)17(19)20/h2-9H,10H2,1H3,(H,16,18). The van der Waals surface area contributed by atoms with Crippen molar-refractivity contribution in [1.82, 2.24) is 5.48 Å². The maximum atomic E-state index is 11.5. The fourth-order valence-corrected chi connectivity index (χ4v) is 1.63. The molecule has 0 aromatic heterocycles. The molecule has 22 heavy (non-hydrogen) atoms. The first-order chi connectivity index (χ1) is 10.5. The van der Waals surface area contributed by atoms with Crippen LogP contribution in [-0.4, -0.2) is 11.0 Å². The molecule has 7 heteroatoms. The van der Waals surface area contributed by atoms with Gasteiger partial charge in [0.25, 0.3) is 5.69 Å². The number of carbonyl (C=O) groups excluding carboxylic acids is 1. The second kappa shape index (κ2) is 7.19. The summed E-state index contributed by atoms with van der Waals surface area (Å²) in [6.45, 7) is 2.18. The molecule has 0 aliphatic heterocycles. The first-order valence-corrected chi connectivity index (χ1v) is 6.44. The van der Waals surface area contributed by atoms with Crippen LogP contribution in [0.1, 0.15) is 11.1 Å². The summed E-state index contributed by atoms with van der Waals surface area (Å²) in [4.78, 5) is 26.5. The van der Waals surface area contributed by atoms with Crippen LogP contribution < -0.4 is 10.2 Å². The number of nitrogens with one attached hydrogen (secondary N) is 1. The van der Waals surface area contributed by atoms with Crippen LogP contribution in [0.4, 0.5) is 10.5 Å². The van der Waals surface area contributed by atoms with Crippen LogP contribution in [0.5, 0.6) is 5.75 Å². The van der Waals surface area contributed by atoms with Crippen LogP contribution in [0.15, 0.2) is 48.5 Å². The molecule has 2 aromatic rings. The van der Waals surface area contributed by atoms with E-state index in [-0.39, 0.29) is 18.0 Å². The maximum Gasteiger partial charge on any atom is 0.436 e. The largest absolute Gasteiger partial charge is 0.436 e. The van der Waals surface area contributed by atoms with Crippen LogP contribution in [0.2, 0.25) is 0 Å². The predicted octanol–water partition coefficient (Wildman–Crippen LogP) is 3.12. The van der Waals surface area contributed by atoms with Gasteiger partial charge in [-0.2, -0.15) is 5.48 Å². The van der Waals surface area contributed by atoms with Gasteiger partial charge in [0.1, 0.15) is 5.75 Å². The fraction of sp³-hybridized carbons (Fsp3) is 0.133. The molecule has 0 aliphatic carbocycles.